The van der Waals surface area contributed by atoms with Crippen molar-refractivity contribution in [1.82, 2.24) is 5.32 Å². The van der Waals surface area contributed by atoms with Crippen LogP contribution in [0.2, 0.25) is 0 Å². The van der Waals surface area contributed by atoms with E-state index in [0.717, 1.165) is 36.7 Å². The zero-order valence-corrected chi connectivity index (χ0v) is 18.5. The molecule has 0 radical (unpaired) electrons. The third-order valence-corrected chi connectivity index (χ3v) is 6.59. The summed E-state index contributed by atoms with van der Waals surface area (Å²) in [6.45, 7) is 3.70. The summed E-state index contributed by atoms with van der Waals surface area (Å²) >= 11 is 0. The second-order valence-corrected chi connectivity index (χ2v) is 9.86. The zero-order chi connectivity index (χ0) is 21.8. The first-order valence-corrected chi connectivity index (χ1v) is 12.2. The fourth-order valence-electron chi connectivity index (χ4n) is 3.74. The Morgan fingerprint density at radius 1 is 0.968 bits per heavy atom. The summed E-state index contributed by atoms with van der Waals surface area (Å²) < 4.78 is 23.4. The van der Waals surface area contributed by atoms with E-state index in [1.54, 1.807) is 12.1 Å². The van der Waals surface area contributed by atoms with E-state index >= 15 is 0 Å². The maximum absolute atomic E-state index is 11.7. The van der Waals surface area contributed by atoms with Crippen LogP contribution in [0.5, 0.6) is 0 Å². The SMILES string of the molecule is CS(=O)(=O)c1ccc(CN2CNc3ccc(-c4ccc(CNCCN)cc4)cc32)cc1. The van der Waals surface area contributed by atoms with Gasteiger partial charge in [-0.1, -0.05) is 42.5 Å². The molecule has 162 valence electrons. The molecule has 0 fully saturated rings. The molecule has 31 heavy (non-hydrogen) atoms. The van der Waals surface area contributed by atoms with E-state index in [1.165, 1.54) is 22.9 Å². The van der Waals surface area contributed by atoms with Crippen molar-refractivity contribution in [1.29, 1.82) is 0 Å². The Kier molecular flexibility index (Phi) is 6.27. The molecule has 7 heteroatoms. The van der Waals surface area contributed by atoms with Crippen LogP contribution >= 0.6 is 0 Å². The Morgan fingerprint density at radius 2 is 1.65 bits per heavy atom. The summed E-state index contributed by atoms with van der Waals surface area (Å²) in [6, 6.07) is 22.2. The van der Waals surface area contributed by atoms with Crippen molar-refractivity contribution in [2.24, 2.45) is 5.73 Å². The minimum atomic E-state index is -3.18. The van der Waals surface area contributed by atoms with Gasteiger partial charge in [-0.3, -0.25) is 0 Å². The normalized spacial score (nSPS) is 13.2. The maximum Gasteiger partial charge on any atom is 0.175 e. The van der Waals surface area contributed by atoms with Crippen LogP contribution in [0.3, 0.4) is 0 Å². The summed E-state index contributed by atoms with van der Waals surface area (Å²) in [4.78, 5) is 2.61. The van der Waals surface area contributed by atoms with Crippen LogP contribution in [0, 0.1) is 0 Å². The molecule has 0 saturated heterocycles. The molecule has 0 atom stereocenters. The number of nitrogens with zero attached hydrogens (tertiary/aromatic N) is 1. The fourth-order valence-corrected chi connectivity index (χ4v) is 4.37. The number of rotatable bonds is 8. The Labute approximate surface area is 184 Å². The molecule has 6 nitrogen and oxygen atoms in total. The Balaban J connectivity index is 1.50. The lowest BCUT2D eigenvalue weighted by Crippen LogP contribution is -2.22. The molecular weight excluding hydrogens is 408 g/mol. The standard InChI is InChI=1S/C24H28N4O2S/c1-31(29,30)22-9-4-19(5-10-22)16-28-17-27-23-11-8-21(14-24(23)28)20-6-2-18(3-7-20)15-26-13-12-25/h2-11,14,26-27H,12-13,15-17,25H2,1H3. The summed E-state index contributed by atoms with van der Waals surface area (Å²) in [5.74, 6) is 0. The zero-order valence-electron chi connectivity index (χ0n) is 17.6. The van der Waals surface area contributed by atoms with Gasteiger partial charge < -0.3 is 21.3 Å². The minimum absolute atomic E-state index is 0.347. The van der Waals surface area contributed by atoms with Gasteiger partial charge in [0.1, 0.15) is 0 Å². The Hall–Kier alpha value is -2.87. The van der Waals surface area contributed by atoms with Gasteiger partial charge in [-0.05, 0) is 46.5 Å². The van der Waals surface area contributed by atoms with Gasteiger partial charge in [-0.25, -0.2) is 8.42 Å². The first kappa shape index (κ1) is 21.4. The maximum atomic E-state index is 11.7. The minimum Gasteiger partial charge on any atom is -0.366 e. The van der Waals surface area contributed by atoms with E-state index in [2.05, 4.69) is 58.0 Å². The van der Waals surface area contributed by atoms with Crippen molar-refractivity contribution < 1.29 is 8.42 Å². The predicted octanol–water partition coefficient (Wildman–Crippen LogP) is 3.20. The number of hydrogen-bond acceptors (Lipinski definition) is 6. The topological polar surface area (TPSA) is 87.5 Å². The van der Waals surface area contributed by atoms with Crippen molar-refractivity contribution >= 4 is 21.2 Å². The molecule has 3 aromatic rings. The number of sulfone groups is 1. The van der Waals surface area contributed by atoms with E-state index < -0.39 is 9.84 Å². The molecule has 4 N–H and O–H groups in total. The molecule has 1 heterocycles. The highest BCUT2D eigenvalue weighted by Gasteiger charge is 2.19. The monoisotopic (exact) mass is 436 g/mol. The molecule has 0 aromatic heterocycles. The van der Waals surface area contributed by atoms with Gasteiger partial charge >= 0.3 is 0 Å². The van der Waals surface area contributed by atoms with Gasteiger partial charge in [-0.15, -0.1) is 0 Å². The summed E-state index contributed by atoms with van der Waals surface area (Å²) in [5.41, 5.74) is 12.4. The molecular formula is C24H28N4O2S. The number of nitrogens with two attached hydrogens (primary N) is 1. The molecule has 1 aliphatic rings. The van der Waals surface area contributed by atoms with E-state index in [9.17, 15) is 8.42 Å². The third-order valence-electron chi connectivity index (χ3n) is 5.46. The van der Waals surface area contributed by atoms with Gasteiger partial charge in [-0.2, -0.15) is 0 Å². The molecule has 0 aliphatic carbocycles. The summed E-state index contributed by atoms with van der Waals surface area (Å²) in [6.07, 6.45) is 1.23. The smallest absolute Gasteiger partial charge is 0.175 e. The molecule has 1 aliphatic heterocycles. The highest BCUT2D eigenvalue weighted by atomic mass is 32.2. The van der Waals surface area contributed by atoms with Crippen LogP contribution in [-0.2, 0) is 22.9 Å². The van der Waals surface area contributed by atoms with Gasteiger partial charge in [0.15, 0.2) is 9.84 Å². The lowest BCUT2D eigenvalue weighted by atomic mass is 10.0. The van der Waals surface area contributed by atoms with Crippen LogP contribution in [-0.4, -0.2) is 34.4 Å². The lowest BCUT2D eigenvalue weighted by molar-refractivity contribution is 0.602. The molecule has 4 rings (SSSR count). The molecule has 0 amide bonds. The molecule has 0 unspecified atom stereocenters. The average Bonchev–Trinajstić information content (AvgIpc) is 3.16. The van der Waals surface area contributed by atoms with E-state index in [-0.39, 0.29) is 0 Å². The number of benzene rings is 3. The van der Waals surface area contributed by atoms with E-state index in [4.69, 9.17) is 5.73 Å². The summed E-state index contributed by atoms with van der Waals surface area (Å²) in [5, 5.41) is 6.75. The van der Waals surface area contributed by atoms with E-state index in [1.807, 2.05) is 12.1 Å². The largest absolute Gasteiger partial charge is 0.366 e. The van der Waals surface area contributed by atoms with Crippen LogP contribution in [0.25, 0.3) is 11.1 Å². The highest BCUT2D eigenvalue weighted by molar-refractivity contribution is 7.90. The number of nitrogens with one attached hydrogen (secondary N) is 2. The lowest BCUT2D eigenvalue weighted by Gasteiger charge is -2.19. The second-order valence-electron chi connectivity index (χ2n) is 7.84. The fraction of sp³-hybridized carbons (Fsp3) is 0.250. The van der Waals surface area contributed by atoms with Gasteiger partial charge in [0, 0.05) is 32.4 Å². The van der Waals surface area contributed by atoms with Crippen LogP contribution in [0.1, 0.15) is 11.1 Å². The first-order valence-electron chi connectivity index (χ1n) is 10.4. The quantitative estimate of drug-likeness (QED) is 0.470. The number of hydrogen-bond donors (Lipinski definition) is 3. The molecule has 0 spiro atoms. The Bertz CT molecular complexity index is 1140. The Morgan fingerprint density at radius 3 is 2.32 bits per heavy atom. The third kappa shape index (κ3) is 5.07. The van der Waals surface area contributed by atoms with Crippen molar-refractivity contribution in [2.75, 3.05) is 36.2 Å². The number of fused-ring (bicyclic) bond motifs is 1. The van der Waals surface area contributed by atoms with E-state index in [0.29, 0.717) is 18.0 Å². The van der Waals surface area contributed by atoms with Crippen LogP contribution in [0.15, 0.2) is 71.6 Å². The highest BCUT2D eigenvalue weighted by Crippen LogP contribution is 2.36. The first-order chi connectivity index (χ1) is 14.9. The van der Waals surface area contributed by atoms with Crippen molar-refractivity contribution in [3.63, 3.8) is 0 Å². The van der Waals surface area contributed by atoms with Crippen molar-refractivity contribution in [2.45, 2.75) is 18.0 Å². The van der Waals surface area contributed by atoms with Crippen LogP contribution in [0.4, 0.5) is 11.4 Å². The molecule has 0 bridgehead atoms. The van der Waals surface area contributed by atoms with Crippen molar-refractivity contribution in [3.05, 3.63) is 77.9 Å². The second kappa shape index (κ2) is 9.09. The van der Waals surface area contributed by atoms with Gasteiger partial charge in [0.05, 0.1) is 22.9 Å². The number of anilines is 2. The average molecular weight is 437 g/mol. The predicted molar refractivity (Wildman–Crippen MR) is 127 cm³/mol. The van der Waals surface area contributed by atoms with Gasteiger partial charge in [0.2, 0.25) is 0 Å². The summed E-state index contributed by atoms with van der Waals surface area (Å²) in [7, 11) is -3.18. The van der Waals surface area contributed by atoms with Crippen molar-refractivity contribution in [3.8, 4) is 11.1 Å². The molecule has 0 saturated carbocycles. The molecule has 3 aromatic carbocycles. The van der Waals surface area contributed by atoms with Gasteiger partial charge in [0.25, 0.3) is 0 Å². The van der Waals surface area contributed by atoms with Crippen LogP contribution < -0.4 is 21.3 Å².